The first-order valence-corrected chi connectivity index (χ1v) is 7.67. The molecule has 0 unspecified atom stereocenters. The molecule has 0 fully saturated rings. The summed E-state index contributed by atoms with van der Waals surface area (Å²) in [7, 11) is 1.58. The van der Waals surface area contributed by atoms with Crippen LogP contribution in [0.25, 0.3) is 10.9 Å². The predicted molar refractivity (Wildman–Crippen MR) is 87.2 cm³/mol. The Morgan fingerprint density at radius 3 is 2.70 bits per heavy atom. The minimum Gasteiger partial charge on any atom is -0.504 e. The molecule has 23 heavy (non-hydrogen) atoms. The SMILES string of the molecule is CCCCOc1c(O)c2c(C(=O)OCC)cccc2n(C)c1=O. The number of nitrogens with zero attached hydrogens (tertiary/aromatic N) is 1. The Morgan fingerprint density at radius 2 is 2.04 bits per heavy atom. The van der Waals surface area contributed by atoms with E-state index in [1.165, 1.54) is 4.57 Å². The Kier molecular flexibility index (Phi) is 5.26. The molecule has 1 N–H and O–H groups in total. The Bertz CT molecular complexity index is 779. The number of hydrogen-bond acceptors (Lipinski definition) is 5. The number of aromatic hydroxyl groups is 1. The molecule has 0 radical (unpaired) electrons. The van der Waals surface area contributed by atoms with Gasteiger partial charge in [-0.25, -0.2) is 4.79 Å². The van der Waals surface area contributed by atoms with Crippen LogP contribution in [0.4, 0.5) is 0 Å². The lowest BCUT2D eigenvalue weighted by Gasteiger charge is -2.14. The number of benzene rings is 1. The number of ether oxygens (including phenoxy) is 2. The van der Waals surface area contributed by atoms with Crippen molar-refractivity contribution in [3.63, 3.8) is 0 Å². The third-order valence-corrected chi connectivity index (χ3v) is 3.59. The van der Waals surface area contributed by atoms with E-state index >= 15 is 0 Å². The highest BCUT2D eigenvalue weighted by Crippen LogP contribution is 2.34. The summed E-state index contributed by atoms with van der Waals surface area (Å²) in [5, 5.41) is 10.8. The highest BCUT2D eigenvalue weighted by molar-refractivity contribution is 6.06. The summed E-state index contributed by atoms with van der Waals surface area (Å²) in [4.78, 5) is 24.5. The molecule has 124 valence electrons. The maximum absolute atomic E-state index is 12.4. The zero-order chi connectivity index (χ0) is 17.0. The minimum atomic E-state index is -0.549. The van der Waals surface area contributed by atoms with Crippen LogP contribution in [0, 0.1) is 0 Å². The average Bonchev–Trinajstić information content (AvgIpc) is 2.55. The molecule has 0 aliphatic heterocycles. The number of carbonyl (C=O) groups is 1. The van der Waals surface area contributed by atoms with E-state index in [-0.39, 0.29) is 29.1 Å². The van der Waals surface area contributed by atoms with E-state index in [1.54, 1.807) is 32.2 Å². The summed E-state index contributed by atoms with van der Waals surface area (Å²) in [6, 6.07) is 4.86. The van der Waals surface area contributed by atoms with Crippen molar-refractivity contribution in [1.82, 2.24) is 4.57 Å². The van der Waals surface area contributed by atoms with Gasteiger partial charge >= 0.3 is 5.97 Å². The van der Waals surface area contributed by atoms with Gasteiger partial charge in [0.25, 0.3) is 5.56 Å². The first-order valence-electron chi connectivity index (χ1n) is 7.67. The summed E-state index contributed by atoms with van der Waals surface area (Å²) < 4.78 is 11.8. The lowest BCUT2D eigenvalue weighted by atomic mass is 10.1. The summed E-state index contributed by atoms with van der Waals surface area (Å²) in [5.41, 5.74) is 0.214. The molecule has 0 amide bonds. The van der Waals surface area contributed by atoms with Crippen LogP contribution in [0.2, 0.25) is 0 Å². The van der Waals surface area contributed by atoms with Crippen molar-refractivity contribution < 1.29 is 19.4 Å². The van der Waals surface area contributed by atoms with E-state index in [0.29, 0.717) is 12.1 Å². The average molecular weight is 319 g/mol. The Morgan fingerprint density at radius 1 is 1.30 bits per heavy atom. The molecule has 6 heteroatoms. The number of esters is 1. The van der Waals surface area contributed by atoms with Crippen LogP contribution in [0.5, 0.6) is 11.5 Å². The van der Waals surface area contributed by atoms with Gasteiger partial charge in [0.1, 0.15) is 0 Å². The van der Waals surface area contributed by atoms with Gasteiger partial charge in [-0.15, -0.1) is 0 Å². The van der Waals surface area contributed by atoms with Crippen molar-refractivity contribution in [1.29, 1.82) is 0 Å². The normalized spacial score (nSPS) is 10.7. The lowest BCUT2D eigenvalue weighted by molar-refractivity contribution is 0.0528. The number of aryl methyl sites for hydroxylation is 1. The smallest absolute Gasteiger partial charge is 0.338 e. The molecule has 0 aliphatic rings. The third kappa shape index (κ3) is 3.16. The molecule has 0 spiro atoms. The van der Waals surface area contributed by atoms with Crippen LogP contribution in [0.15, 0.2) is 23.0 Å². The van der Waals surface area contributed by atoms with Crippen LogP contribution in [-0.4, -0.2) is 28.9 Å². The van der Waals surface area contributed by atoms with Crippen molar-refractivity contribution in [2.45, 2.75) is 26.7 Å². The molecule has 0 saturated heterocycles. The summed E-state index contributed by atoms with van der Waals surface area (Å²) in [5.74, 6) is -1.00. The molecule has 0 bridgehead atoms. The number of carbonyl (C=O) groups excluding carboxylic acids is 1. The van der Waals surface area contributed by atoms with Gasteiger partial charge in [-0.1, -0.05) is 19.4 Å². The standard InChI is InChI=1S/C17H21NO5/c1-4-6-10-23-15-14(19)13-11(17(21)22-5-2)8-7-9-12(13)18(3)16(15)20/h7-9,19H,4-6,10H2,1-3H3. The van der Waals surface area contributed by atoms with Crippen LogP contribution in [0.1, 0.15) is 37.0 Å². The monoisotopic (exact) mass is 319 g/mol. The summed E-state index contributed by atoms with van der Waals surface area (Å²) in [6.07, 6.45) is 1.67. The molecule has 2 aromatic rings. The van der Waals surface area contributed by atoms with Gasteiger partial charge in [0.2, 0.25) is 5.75 Å². The van der Waals surface area contributed by atoms with E-state index < -0.39 is 11.5 Å². The number of unbranched alkanes of at least 4 members (excludes halogenated alkanes) is 1. The molecular weight excluding hydrogens is 298 g/mol. The van der Waals surface area contributed by atoms with E-state index in [0.717, 1.165) is 12.8 Å². The second-order valence-corrected chi connectivity index (χ2v) is 5.16. The molecule has 0 atom stereocenters. The van der Waals surface area contributed by atoms with Crippen LogP contribution >= 0.6 is 0 Å². The quantitative estimate of drug-likeness (QED) is 0.654. The molecular formula is C17H21NO5. The van der Waals surface area contributed by atoms with Gasteiger partial charge < -0.3 is 19.1 Å². The van der Waals surface area contributed by atoms with Crippen molar-refractivity contribution in [2.75, 3.05) is 13.2 Å². The number of hydrogen-bond donors (Lipinski definition) is 1. The van der Waals surface area contributed by atoms with Crippen molar-refractivity contribution in [3.05, 3.63) is 34.1 Å². The van der Waals surface area contributed by atoms with Gasteiger partial charge in [0.05, 0.1) is 29.7 Å². The van der Waals surface area contributed by atoms with Crippen molar-refractivity contribution >= 4 is 16.9 Å². The van der Waals surface area contributed by atoms with E-state index in [9.17, 15) is 14.7 Å². The molecule has 0 saturated carbocycles. The minimum absolute atomic E-state index is 0.134. The second kappa shape index (κ2) is 7.17. The van der Waals surface area contributed by atoms with Crippen LogP contribution in [0.3, 0.4) is 0 Å². The highest BCUT2D eigenvalue weighted by Gasteiger charge is 2.21. The summed E-state index contributed by atoms with van der Waals surface area (Å²) >= 11 is 0. The Balaban J connectivity index is 2.68. The first-order chi connectivity index (χ1) is 11.0. The third-order valence-electron chi connectivity index (χ3n) is 3.59. The van der Waals surface area contributed by atoms with Gasteiger partial charge in [-0.2, -0.15) is 0 Å². The van der Waals surface area contributed by atoms with Crippen LogP contribution in [-0.2, 0) is 11.8 Å². The fraction of sp³-hybridized carbons (Fsp3) is 0.412. The Labute approximate surface area is 134 Å². The number of fused-ring (bicyclic) bond motifs is 1. The number of rotatable bonds is 6. The second-order valence-electron chi connectivity index (χ2n) is 5.16. The first kappa shape index (κ1) is 16.9. The number of pyridine rings is 1. The van der Waals surface area contributed by atoms with Gasteiger partial charge in [0, 0.05) is 7.05 Å². The van der Waals surface area contributed by atoms with E-state index in [2.05, 4.69) is 0 Å². The van der Waals surface area contributed by atoms with E-state index in [4.69, 9.17) is 9.47 Å². The fourth-order valence-corrected chi connectivity index (χ4v) is 2.37. The lowest BCUT2D eigenvalue weighted by Crippen LogP contribution is -2.21. The van der Waals surface area contributed by atoms with Gasteiger partial charge in [-0.3, -0.25) is 4.79 Å². The zero-order valence-corrected chi connectivity index (χ0v) is 13.6. The largest absolute Gasteiger partial charge is 0.504 e. The van der Waals surface area contributed by atoms with Gasteiger partial charge in [-0.05, 0) is 25.5 Å². The highest BCUT2D eigenvalue weighted by atomic mass is 16.5. The molecule has 1 heterocycles. The molecule has 1 aromatic heterocycles. The molecule has 0 aliphatic carbocycles. The fourth-order valence-electron chi connectivity index (χ4n) is 2.37. The maximum atomic E-state index is 12.4. The topological polar surface area (TPSA) is 77.8 Å². The predicted octanol–water partition coefficient (Wildman–Crippen LogP) is 2.60. The van der Waals surface area contributed by atoms with Crippen molar-refractivity contribution in [2.24, 2.45) is 7.05 Å². The van der Waals surface area contributed by atoms with Crippen molar-refractivity contribution in [3.8, 4) is 11.5 Å². The summed E-state index contributed by atoms with van der Waals surface area (Å²) in [6.45, 7) is 4.26. The number of aromatic nitrogens is 1. The van der Waals surface area contributed by atoms with E-state index in [1.807, 2.05) is 6.92 Å². The molecule has 6 nitrogen and oxygen atoms in total. The maximum Gasteiger partial charge on any atom is 0.338 e. The zero-order valence-electron chi connectivity index (χ0n) is 13.6. The molecule has 1 aromatic carbocycles. The molecule has 2 rings (SSSR count). The van der Waals surface area contributed by atoms with Crippen LogP contribution < -0.4 is 10.3 Å². The Hall–Kier alpha value is -2.50. The van der Waals surface area contributed by atoms with Gasteiger partial charge in [0.15, 0.2) is 5.75 Å².